The summed E-state index contributed by atoms with van der Waals surface area (Å²) in [6.07, 6.45) is 13.0. The third kappa shape index (κ3) is 8.56. The fraction of sp³-hybridized carbons (Fsp3) is 0.404. The van der Waals surface area contributed by atoms with E-state index in [4.69, 9.17) is 4.98 Å². The number of carbonyl (C=O) groups is 1. The molecule has 1 saturated carbocycles. The Labute approximate surface area is 334 Å². The molecule has 0 saturated heterocycles. The Morgan fingerprint density at radius 2 is 1.62 bits per heavy atom. The first-order chi connectivity index (χ1) is 25.2. The van der Waals surface area contributed by atoms with Crippen LogP contribution in [-0.4, -0.2) is 15.9 Å². The molecule has 53 heavy (non-hydrogen) atoms. The smallest absolute Gasteiger partial charge is 0.162 e. The molecule has 1 N–H and O–H groups in total. The van der Waals surface area contributed by atoms with E-state index in [0.717, 1.165) is 42.6 Å². The molecule has 3 aromatic carbocycles. The molecule has 0 aliphatic heterocycles. The second-order valence-corrected chi connectivity index (χ2v) is 16.0. The Balaban J connectivity index is 0.000000290. The number of nitrogens with zero attached hydrogens (tertiary/aromatic N) is 2. The molecular formula is C47H55IrN2O2S-. The topological polar surface area (TPSA) is 54.1 Å². The summed E-state index contributed by atoms with van der Waals surface area (Å²) in [6, 6.07) is 26.3. The van der Waals surface area contributed by atoms with Crippen LogP contribution in [0.25, 0.3) is 53.2 Å². The van der Waals surface area contributed by atoms with Crippen LogP contribution in [0.15, 0.2) is 78.7 Å². The summed E-state index contributed by atoms with van der Waals surface area (Å²) < 4.78 is 3.43. The Morgan fingerprint density at radius 1 is 0.943 bits per heavy atom. The largest absolute Gasteiger partial charge is 0.512 e. The molecule has 3 aromatic heterocycles. The molecule has 4 nitrogen and oxygen atoms in total. The summed E-state index contributed by atoms with van der Waals surface area (Å²) >= 11 is 1.78. The van der Waals surface area contributed by atoms with Crippen LogP contribution >= 0.6 is 11.3 Å². The van der Waals surface area contributed by atoms with Crippen molar-refractivity contribution in [3.63, 3.8) is 0 Å². The van der Waals surface area contributed by atoms with Gasteiger partial charge in [0.15, 0.2) is 5.78 Å². The van der Waals surface area contributed by atoms with Crippen LogP contribution in [-0.2, 0) is 31.3 Å². The van der Waals surface area contributed by atoms with E-state index in [0.29, 0.717) is 11.8 Å². The average molecular weight is 904 g/mol. The number of allylic oxidation sites excluding steroid dienone is 2. The molecule has 281 valence electrons. The van der Waals surface area contributed by atoms with Crippen molar-refractivity contribution < 1.29 is 34.6 Å². The molecule has 3 heterocycles. The number of aliphatic hydroxyl groups excluding tert-OH is 1. The molecule has 0 atom stereocenters. The van der Waals surface area contributed by atoms with E-state index >= 15 is 0 Å². The average Bonchev–Trinajstić information content (AvgIpc) is 3.81. The number of ketones is 1. The number of carbonyl (C=O) groups excluding carboxylic acids is 1. The number of rotatable bonds is 11. The second kappa shape index (κ2) is 18.2. The fourth-order valence-corrected chi connectivity index (χ4v) is 9.33. The third-order valence-electron chi connectivity index (χ3n) is 11.2. The van der Waals surface area contributed by atoms with Crippen molar-refractivity contribution in [1.82, 2.24) is 4.98 Å². The van der Waals surface area contributed by atoms with Crippen LogP contribution in [0.1, 0.15) is 110 Å². The molecule has 6 aromatic rings. The summed E-state index contributed by atoms with van der Waals surface area (Å²) in [4.78, 5) is 17.5. The monoisotopic (exact) mass is 904 g/mol. The Morgan fingerprint density at radius 3 is 2.30 bits per heavy atom. The normalized spacial score (nSPS) is 13.8. The number of aliphatic hydroxyl groups is 1. The standard InChI is InChI=1S/C34H31N2S.C13H24O2.Ir/c1-21(2)17-22-18-28-26-13-8-16-35-34(26)37-33(28)29(19-22)31-20-27(23-9-4-5-10-23)32-25-12-7-6-11-24(25)14-15-30(32)36(31)3;1-5-10(6-2)12(14)9-13(15)11(7-3)8-4;/h6-8,11-16,18,20-21,23H,3-5,9-10,17H2,1-2H3;9-11,14H,5-8H2,1-4H3;/q-1;;/b;12-9-;. The molecule has 0 bridgehead atoms. The molecule has 6 heteroatoms. The SMILES string of the molecule is CCC(CC)C(=O)/C=C(\O)C(CC)CC.[CH2-][n+]1c(-c2[c-]c(CC(C)C)cc3c2sc2ncccc23)cc(C2CCCC2)c2c3ccccc3ccc21.[Ir]. The number of fused-ring (bicyclic) bond motifs is 6. The van der Waals surface area contributed by atoms with Gasteiger partial charge in [0, 0.05) is 56.6 Å². The molecule has 0 unspecified atom stereocenters. The predicted octanol–water partition coefficient (Wildman–Crippen LogP) is 12.9. The van der Waals surface area contributed by atoms with Crippen molar-refractivity contribution >= 4 is 59.1 Å². The van der Waals surface area contributed by atoms with Crippen LogP contribution in [0.2, 0.25) is 0 Å². The van der Waals surface area contributed by atoms with Gasteiger partial charge in [-0.3, -0.25) is 4.79 Å². The van der Waals surface area contributed by atoms with E-state index in [-0.39, 0.29) is 43.5 Å². The van der Waals surface area contributed by atoms with Gasteiger partial charge in [0.05, 0.1) is 5.76 Å². The summed E-state index contributed by atoms with van der Waals surface area (Å²) in [5.74, 6) is 1.70. The van der Waals surface area contributed by atoms with Gasteiger partial charge in [0.2, 0.25) is 0 Å². The van der Waals surface area contributed by atoms with Gasteiger partial charge in [-0.15, -0.1) is 17.7 Å². The van der Waals surface area contributed by atoms with Crippen LogP contribution in [0.5, 0.6) is 0 Å². The van der Waals surface area contributed by atoms with Gasteiger partial charge in [-0.05, 0) is 101 Å². The molecule has 0 amide bonds. The minimum Gasteiger partial charge on any atom is -0.512 e. The van der Waals surface area contributed by atoms with Gasteiger partial charge < -0.3 is 9.67 Å². The maximum absolute atomic E-state index is 11.7. The fourth-order valence-electron chi connectivity index (χ4n) is 8.20. The minimum absolute atomic E-state index is 0. The number of hydrogen-bond donors (Lipinski definition) is 1. The molecule has 1 aliphatic rings. The molecule has 1 radical (unpaired) electrons. The number of hydrogen-bond acceptors (Lipinski definition) is 4. The van der Waals surface area contributed by atoms with Gasteiger partial charge in [-0.25, -0.2) is 4.98 Å². The van der Waals surface area contributed by atoms with Crippen LogP contribution < -0.4 is 4.57 Å². The summed E-state index contributed by atoms with van der Waals surface area (Å²) in [5.41, 5.74) is 6.27. The Bertz CT molecular complexity index is 2220. The van der Waals surface area contributed by atoms with Crippen molar-refractivity contribution in [3.8, 4) is 11.3 Å². The van der Waals surface area contributed by atoms with E-state index < -0.39 is 0 Å². The summed E-state index contributed by atoms with van der Waals surface area (Å²) in [6.45, 7) is 12.6. The van der Waals surface area contributed by atoms with Gasteiger partial charge in [0.1, 0.15) is 16.0 Å². The van der Waals surface area contributed by atoms with Gasteiger partial charge in [-0.2, -0.15) is 11.3 Å². The summed E-state index contributed by atoms with van der Waals surface area (Å²) in [7, 11) is 4.64. The number of pyridine rings is 2. The molecule has 1 fully saturated rings. The Kier molecular flexibility index (Phi) is 13.9. The van der Waals surface area contributed by atoms with Gasteiger partial charge in [0.25, 0.3) is 0 Å². The van der Waals surface area contributed by atoms with Crippen molar-refractivity contribution in [2.45, 2.75) is 105 Å². The third-order valence-corrected chi connectivity index (χ3v) is 12.3. The van der Waals surface area contributed by atoms with Crippen molar-refractivity contribution in [2.75, 3.05) is 0 Å². The van der Waals surface area contributed by atoms with E-state index in [2.05, 4.69) is 86.1 Å². The number of thiophene rings is 1. The van der Waals surface area contributed by atoms with Crippen LogP contribution in [0.3, 0.4) is 0 Å². The predicted molar refractivity (Wildman–Crippen MR) is 221 cm³/mol. The van der Waals surface area contributed by atoms with Gasteiger partial charge >= 0.3 is 0 Å². The molecule has 7 rings (SSSR count). The van der Waals surface area contributed by atoms with Crippen LogP contribution in [0, 0.1) is 30.9 Å². The molecule has 1 aliphatic carbocycles. The zero-order valence-corrected chi connectivity index (χ0v) is 35.5. The maximum atomic E-state index is 11.7. The first-order valence-corrected chi connectivity index (χ1v) is 20.4. The van der Waals surface area contributed by atoms with Crippen molar-refractivity contribution in [1.29, 1.82) is 0 Å². The number of benzene rings is 3. The van der Waals surface area contributed by atoms with E-state index in [1.165, 1.54) is 85.6 Å². The second-order valence-electron chi connectivity index (χ2n) is 15.0. The Hall–Kier alpha value is -3.57. The minimum atomic E-state index is 0. The first kappa shape index (κ1) is 40.6. The van der Waals surface area contributed by atoms with Crippen molar-refractivity contribution in [2.24, 2.45) is 17.8 Å². The maximum Gasteiger partial charge on any atom is 0.162 e. The zero-order chi connectivity index (χ0) is 36.9. The molecule has 0 spiro atoms. The van der Waals surface area contributed by atoms with Crippen LogP contribution in [0.4, 0.5) is 0 Å². The molecular weight excluding hydrogens is 849 g/mol. The van der Waals surface area contributed by atoms with Gasteiger partial charge in [-0.1, -0.05) is 102 Å². The first-order valence-electron chi connectivity index (χ1n) is 19.6. The van der Waals surface area contributed by atoms with Crippen molar-refractivity contribution in [3.05, 3.63) is 103 Å². The number of aromatic nitrogens is 2. The van der Waals surface area contributed by atoms with E-state index in [1.807, 2.05) is 40.0 Å². The summed E-state index contributed by atoms with van der Waals surface area (Å²) in [5, 5.41) is 16.3. The van der Waals surface area contributed by atoms with E-state index in [9.17, 15) is 9.90 Å². The zero-order valence-electron chi connectivity index (χ0n) is 32.3. The quantitative estimate of drug-likeness (QED) is 0.0463. The van der Waals surface area contributed by atoms with E-state index in [1.54, 1.807) is 11.3 Å².